The second-order valence-corrected chi connectivity index (χ2v) is 2.47. The van der Waals surface area contributed by atoms with Crippen molar-refractivity contribution in [3.8, 4) is 0 Å². The molecule has 60 valence electrons. The molecule has 1 rings (SSSR count). The van der Waals surface area contributed by atoms with Crippen LogP contribution in [0.5, 0.6) is 0 Å². The van der Waals surface area contributed by atoms with Crippen LogP contribution in [0, 0.1) is 0 Å². The van der Waals surface area contributed by atoms with Crippen LogP contribution in [0.3, 0.4) is 0 Å². The first-order chi connectivity index (χ1) is 5.38. The molecule has 1 aliphatic rings. The molecule has 0 saturated carbocycles. The van der Waals surface area contributed by atoms with Gasteiger partial charge in [0.15, 0.2) is 0 Å². The highest BCUT2D eigenvalue weighted by atomic mass is 15.3. The van der Waals surface area contributed by atoms with Crippen molar-refractivity contribution in [3.05, 3.63) is 22.2 Å². The molecule has 0 fully saturated rings. The van der Waals surface area contributed by atoms with Crippen LogP contribution >= 0.6 is 0 Å². The van der Waals surface area contributed by atoms with E-state index < -0.39 is 0 Å². The monoisotopic (exact) mass is 152 g/mol. The van der Waals surface area contributed by atoms with Gasteiger partial charge in [0.25, 0.3) is 0 Å². The lowest BCUT2D eigenvalue weighted by molar-refractivity contribution is 0.377. The Morgan fingerprint density at radius 2 is 2.64 bits per heavy atom. The highest BCUT2D eigenvalue weighted by molar-refractivity contribution is 5.06. The smallest absolute Gasteiger partial charge is 0.0964 e. The molecule has 0 aromatic carbocycles. The summed E-state index contributed by atoms with van der Waals surface area (Å²) in [6.07, 6.45) is 4.32. The molecule has 0 aliphatic carbocycles. The second-order valence-electron chi connectivity index (χ2n) is 2.47. The van der Waals surface area contributed by atoms with Gasteiger partial charge in [-0.25, -0.2) is 0 Å². The van der Waals surface area contributed by atoms with Crippen LogP contribution in [0.1, 0.15) is 19.8 Å². The first-order valence-electron chi connectivity index (χ1n) is 3.83. The Morgan fingerprint density at radius 1 is 1.82 bits per heavy atom. The molecule has 0 N–H and O–H groups in total. The van der Waals surface area contributed by atoms with Gasteiger partial charge in [0.05, 0.1) is 6.67 Å². The lowest BCUT2D eigenvalue weighted by atomic mass is 10.3. The highest BCUT2D eigenvalue weighted by Gasteiger charge is 2.10. The average molecular weight is 152 g/mol. The lowest BCUT2D eigenvalue weighted by Crippen LogP contribution is -2.18. The molecule has 0 aromatic heterocycles. The number of hydrogen-bond donors (Lipinski definition) is 0. The minimum absolute atomic E-state index is 0.482. The normalized spacial score (nSPS) is 16.1. The number of hydrogen-bond acceptors (Lipinski definition) is 2. The van der Waals surface area contributed by atoms with E-state index in [1.807, 2.05) is 0 Å². The van der Waals surface area contributed by atoms with E-state index >= 15 is 0 Å². The van der Waals surface area contributed by atoms with Crippen molar-refractivity contribution < 1.29 is 0 Å². The molecular weight excluding hydrogens is 140 g/mol. The van der Waals surface area contributed by atoms with Crippen molar-refractivity contribution in [2.24, 2.45) is 5.11 Å². The minimum Gasteiger partial charge on any atom is -0.369 e. The summed E-state index contributed by atoms with van der Waals surface area (Å²) in [6.45, 7) is 3.60. The van der Waals surface area contributed by atoms with E-state index in [-0.39, 0.29) is 0 Å². The van der Waals surface area contributed by atoms with Crippen molar-refractivity contribution in [3.63, 3.8) is 0 Å². The second kappa shape index (κ2) is 3.88. The van der Waals surface area contributed by atoms with Gasteiger partial charge in [0, 0.05) is 17.2 Å². The summed E-state index contributed by atoms with van der Waals surface area (Å²) in [7, 11) is 0. The summed E-state index contributed by atoms with van der Waals surface area (Å²) in [5, 5.41) is 3.52. The molecule has 0 atom stereocenters. The van der Waals surface area contributed by atoms with Crippen molar-refractivity contribution in [1.82, 2.24) is 4.90 Å². The maximum Gasteiger partial charge on any atom is 0.0964 e. The van der Waals surface area contributed by atoms with Gasteiger partial charge in [0.1, 0.15) is 0 Å². The Morgan fingerprint density at radius 3 is 3.27 bits per heavy atom. The predicted octanol–water partition coefficient (Wildman–Crippen LogP) is 2.25. The van der Waals surface area contributed by atoms with Crippen molar-refractivity contribution >= 4 is 0 Å². The highest BCUT2D eigenvalue weighted by Crippen LogP contribution is 2.16. The van der Waals surface area contributed by atoms with Crippen LogP contribution < -0.4 is 0 Å². The zero-order valence-electron chi connectivity index (χ0n) is 6.69. The van der Waals surface area contributed by atoms with Gasteiger partial charge in [-0.15, -0.1) is 0 Å². The molecule has 0 spiro atoms. The number of nitrogens with zero attached hydrogens (tertiary/aromatic N) is 4. The molecule has 0 unspecified atom stereocenters. The molecule has 0 bridgehead atoms. The van der Waals surface area contributed by atoms with Gasteiger partial charge < -0.3 is 4.90 Å². The van der Waals surface area contributed by atoms with E-state index in [9.17, 15) is 0 Å². The quantitative estimate of drug-likeness (QED) is 0.347. The molecular formula is C7H12N4. The molecule has 4 heteroatoms. The summed E-state index contributed by atoms with van der Waals surface area (Å²) in [4.78, 5) is 4.83. The Hall–Kier alpha value is -1.15. The third kappa shape index (κ3) is 1.88. The molecule has 0 amide bonds. The fourth-order valence-corrected chi connectivity index (χ4v) is 1.29. The summed E-state index contributed by atoms with van der Waals surface area (Å²) in [5.74, 6) is 0. The van der Waals surface area contributed by atoms with E-state index in [0.717, 1.165) is 19.4 Å². The average Bonchev–Trinajstić information content (AvgIpc) is 2.47. The van der Waals surface area contributed by atoms with Crippen LogP contribution in [0.2, 0.25) is 0 Å². The summed E-state index contributed by atoms with van der Waals surface area (Å²) >= 11 is 0. The van der Waals surface area contributed by atoms with Gasteiger partial charge in [0.2, 0.25) is 0 Å². The Balaban J connectivity index is 2.46. The van der Waals surface area contributed by atoms with Crippen molar-refractivity contribution in [2.45, 2.75) is 19.8 Å². The van der Waals surface area contributed by atoms with E-state index in [2.05, 4.69) is 27.9 Å². The van der Waals surface area contributed by atoms with E-state index in [0.29, 0.717) is 6.67 Å². The lowest BCUT2D eigenvalue weighted by Gasteiger charge is -2.18. The van der Waals surface area contributed by atoms with Crippen LogP contribution in [0.15, 0.2) is 16.9 Å². The van der Waals surface area contributed by atoms with E-state index in [1.165, 1.54) is 5.70 Å². The largest absolute Gasteiger partial charge is 0.369 e. The van der Waals surface area contributed by atoms with Crippen molar-refractivity contribution in [2.75, 3.05) is 13.2 Å². The maximum absolute atomic E-state index is 8.10. The van der Waals surface area contributed by atoms with E-state index in [1.54, 1.807) is 0 Å². The van der Waals surface area contributed by atoms with Gasteiger partial charge >= 0.3 is 0 Å². The molecule has 1 heterocycles. The zero-order valence-corrected chi connectivity index (χ0v) is 6.69. The van der Waals surface area contributed by atoms with Gasteiger partial charge in [-0.05, 0) is 18.4 Å². The Labute approximate surface area is 66.1 Å². The van der Waals surface area contributed by atoms with Crippen LogP contribution in [-0.4, -0.2) is 18.1 Å². The van der Waals surface area contributed by atoms with Crippen LogP contribution in [0.4, 0.5) is 0 Å². The van der Waals surface area contributed by atoms with Gasteiger partial charge in [-0.3, -0.25) is 0 Å². The maximum atomic E-state index is 8.10. The topological polar surface area (TPSA) is 52.0 Å². The van der Waals surface area contributed by atoms with E-state index in [4.69, 9.17) is 5.53 Å². The SMILES string of the molecule is CCC1=CCCN1CN=[N+]=[N-]. The fraction of sp³-hybridized carbons (Fsp3) is 0.714. The molecule has 0 aromatic rings. The Bertz CT molecular complexity index is 202. The summed E-state index contributed by atoms with van der Waals surface area (Å²) < 4.78 is 0. The number of azide groups is 1. The molecule has 1 aliphatic heterocycles. The fourth-order valence-electron chi connectivity index (χ4n) is 1.29. The first kappa shape index (κ1) is 7.95. The number of rotatable bonds is 3. The zero-order chi connectivity index (χ0) is 8.10. The predicted molar refractivity (Wildman–Crippen MR) is 43.7 cm³/mol. The molecule has 0 radical (unpaired) electrons. The van der Waals surface area contributed by atoms with Crippen LogP contribution in [0.25, 0.3) is 10.4 Å². The molecule has 0 saturated heterocycles. The standard InChI is InChI=1S/C7H12N4/c1-2-7-4-3-5-11(7)6-9-10-8/h4H,2-3,5-6H2,1H3. The van der Waals surface area contributed by atoms with Crippen LogP contribution in [-0.2, 0) is 0 Å². The minimum atomic E-state index is 0.482. The third-order valence-electron chi connectivity index (χ3n) is 1.84. The summed E-state index contributed by atoms with van der Waals surface area (Å²) in [6, 6.07) is 0. The van der Waals surface area contributed by atoms with Crippen molar-refractivity contribution in [1.29, 1.82) is 0 Å². The Kier molecular flexibility index (Phi) is 2.81. The first-order valence-corrected chi connectivity index (χ1v) is 3.83. The third-order valence-corrected chi connectivity index (χ3v) is 1.84. The number of allylic oxidation sites excluding steroid dienone is 1. The molecule has 4 nitrogen and oxygen atoms in total. The summed E-state index contributed by atoms with van der Waals surface area (Å²) in [5.41, 5.74) is 9.40. The van der Waals surface area contributed by atoms with Gasteiger partial charge in [-0.2, -0.15) is 0 Å². The molecule has 11 heavy (non-hydrogen) atoms. The van der Waals surface area contributed by atoms with Gasteiger partial charge in [-0.1, -0.05) is 18.1 Å².